The molecule has 1 aliphatic rings. The molecule has 0 bridgehead atoms. The minimum atomic E-state index is -0.400. The Kier molecular flexibility index (Phi) is 2.29. The highest BCUT2D eigenvalue weighted by molar-refractivity contribution is 5.79. The van der Waals surface area contributed by atoms with Gasteiger partial charge in [-0.1, -0.05) is 12.2 Å². The molecule has 0 fully saturated rings. The summed E-state index contributed by atoms with van der Waals surface area (Å²) in [6.45, 7) is 0. The van der Waals surface area contributed by atoms with Crippen LogP contribution in [-0.4, -0.2) is 38.1 Å². The number of fused-ring (bicyclic) bond motifs is 1. The molecule has 6 nitrogen and oxygen atoms in total. The van der Waals surface area contributed by atoms with Gasteiger partial charge in [0.25, 0.3) is 0 Å². The summed E-state index contributed by atoms with van der Waals surface area (Å²) < 4.78 is 6.94. The highest BCUT2D eigenvalue weighted by Crippen LogP contribution is 2.28. The van der Waals surface area contributed by atoms with Crippen molar-refractivity contribution in [2.24, 2.45) is 0 Å². The van der Waals surface area contributed by atoms with Gasteiger partial charge < -0.3 is 9.84 Å². The molecule has 0 saturated carbocycles. The minimum absolute atomic E-state index is 0.0436. The Morgan fingerprint density at radius 1 is 1.41 bits per heavy atom. The maximum absolute atomic E-state index is 9.49. The molecular weight excluding hydrogens is 220 g/mol. The number of hydrogen-bond donors (Lipinski definition) is 1. The Hall–Kier alpha value is -1.95. The van der Waals surface area contributed by atoms with E-state index in [4.69, 9.17) is 4.74 Å². The van der Waals surface area contributed by atoms with Gasteiger partial charge in [0.05, 0.1) is 25.5 Å². The Balaban J connectivity index is 2.10. The van der Waals surface area contributed by atoms with Crippen LogP contribution in [0.4, 0.5) is 0 Å². The van der Waals surface area contributed by atoms with E-state index >= 15 is 0 Å². The van der Waals surface area contributed by atoms with Crippen LogP contribution in [0.15, 0.2) is 24.7 Å². The van der Waals surface area contributed by atoms with Crippen LogP contribution >= 0.6 is 0 Å². The molecule has 6 heteroatoms. The van der Waals surface area contributed by atoms with Crippen LogP contribution in [0.2, 0.25) is 0 Å². The molecule has 0 radical (unpaired) electrons. The van der Waals surface area contributed by atoms with Gasteiger partial charge in [0.15, 0.2) is 5.65 Å². The average molecular weight is 232 g/mol. The number of rotatable bonds is 2. The zero-order chi connectivity index (χ0) is 11.8. The summed E-state index contributed by atoms with van der Waals surface area (Å²) in [4.78, 5) is 8.24. The number of aliphatic hydroxyl groups excluding tert-OH is 1. The molecular formula is C11H12N4O2. The number of aromatic nitrogens is 4. The Bertz CT molecular complexity index is 578. The fourth-order valence-electron chi connectivity index (χ4n) is 2.09. The number of nitrogens with zero attached hydrogens (tertiary/aromatic N) is 4. The molecule has 2 aromatic heterocycles. The summed E-state index contributed by atoms with van der Waals surface area (Å²) in [5, 5.41) is 14.6. The van der Waals surface area contributed by atoms with Gasteiger partial charge in [-0.15, -0.1) is 0 Å². The predicted molar refractivity (Wildman–Crippen MR) is 60.7 cm³/mol. The summed E-state index contributed by atoms with van der Waals surface area (Å²) in [6.07, 6.45) is 7.08. The van der Waals surface area contributed by atoms with Crippen molar-refractivity contribution >= 4 is 11.0 Å². The molecule has 1 aliphatic carbocycles. The molecule has 2 heterocycles. The molecule has 0 unspecified atom stereocenters. The van der Waals surface area contributed by atoms with Gasteiger partial charge in [0.2, 0.25) is 5.88 Å². The van der Waals surface area contributed by atoms with Crippen LogP contribution < -0.4 is 4.74 Å². The lowest BCUT2D eigenvalue weighted by atomic mass is 10.2. The number of hydrogen-bond acceptors (Lipinski definition) is 5. The maximum atomic E-state index is 9.49. The zero-order valence-electron chi connectivity index (χ0n) is 9.32. The van der Waals surface area contributed by atoms with Crippen LogP contribution in [-0.2, 0) is 0 Å². The summed E-state index contributed by atoms with van der Waals surface area (Å²) in [5.74, 6) is 0.517. The van der Waals surface area contributed by atoms with Crippen molar-refractivity contribution in [3.05, 3.63) is 24.7 Å². The predicted octanol–water partition coefficient (Wildman–Crippen LogP) is 0.697. The van der Waals surface area contributed by atoms with E-state index in [0.29, 0.717) is 12.3 Å². The van der Waals surface area contributed by atoms with Crippen LogP contribution in [0.5, 0.6) is 5.88 Å². The van der Waals surface area contributed by atoms with Gasteiger partial charge in [-0.25, -0.2) is 14.6 Å². The van der Waals surface area contributed by atoms with Crippen molar-refractivity contribution in [2.75, 3.05) is 7.11 Å². The van der Waals surface area contributed by atoms with Crippen molar-refractivity contribution in [3.8, 4) is 5.88 Å². The van der Waals surface area contributed by atoms with E-state index in [0.717, 1.165) is 11.0 Å². The second-order valence-electron chi connectivity index (χ2n) is 3.96. The quantitative estimate of drug-likeness (QED) is 0.771. The molecule has 0 amide bonds. The van der Waals surface area contributed by atoms with Crippen molar-refractivity contribution in [1.29, 1.82) is 0 Å². The van der Waals surface area contributed by atoms with Crippen LogP contribution in [0.3, 0.4) is 0 Å². The van der Waals surface area contributed by atoms with Crippen molar-refractivity contribution < 1.29 is 9.84 Å². The molecule has 2 aromatic rings. The van der Waals surface area contributed by atoms with E-state index in [1.165, 1.54) is 6.33 Å². The normalized spacial score (nSPS) is 23.4. The van der Waals surface area contributed by atoms with E-state index < -0.39 is 6.10 Å². The average Bonchev–Trinajstić information content (AvgIpc) is 2.94. The molecule has 0 aliphatic heterocycles. The number of aliphatic hydroxyl groups is 1. The summed E-state index contributed by atoms with van der Waals surface area (Å²) in [5.41, 5.74) is 0.723. The molecule has 1 N–H and O–H groups in total. The lowest BCUT2D eigenvalue weighted by Crippen LogP contribution is -2.10. The fourth-order valence-corrected chi connectivity index (χ4v) is 2.09. The smallest absolute Gasteiger partial charge is 0.227 e. The first-order valence-corrected chi connectivity index (χ1v) is 5.38. The van der Waals surface area contributed by atoms with E-state index in [2.05, 4.69) is 15.1 Å². The SMILES string of the molecule is COc1ncnc2c1cnn2[C@H]1C=C[C@@H](O)C1. The Labute approximate surface area is 97.6 Å². The van der Waals surface area contributed by atoms with Gasteiger partial charge in [-0.2, -0.15) is 5.10 Å². The Morgan fingerprint density at radius 3 is 3.00 bits per heavy atom. The molecule has 2 atom stereocenters. The van der Waals surface area contributed by atoms with Crippen molar-refractivity contribution in [2.45, 2.75) is 18.6 Å². The Morgan fingerprint density at radius 2 is 2.29 bits per heavy atom. The van der Waals surface area contributed by atoms with Gasteiger partial charge >= 0.3 is 0 Å². The molecule has 88 valence electrons. The molecule has 17 heavy (non-hydrogen) atoms. The third kappa shape index (κ3) is 1.57. The van der Waals surface area contributed by atoms with Gasteiger partial charge in [0, 0.05) is 6.42 Å². The van der Waals surface area contributed by atoms with Crippen molar-refractivity contribution in [3.63, 3.8) is 0 Å². The van der Waals surface area contributed by atoms with Crippen LogP contribution in [0.25, 0.3) is 11.0 Å². The van der Waals surface area contributed by atoms with Crippen LogP contribution in [0.1, 0.15) is 12.5 Å². The van der Waals surface area contributed by atoms with E-state index in [1.54, 1.807) is 24.1 Å². The number of allylic oxidation sites excluding steroid dienone is 1. The third-order valence-corrected chi connectivity index (χ3v) is 2.90. The lowest BCUT2D eigenvalue weighted by molar-refractivity contribution is 0.209. The summed E-state index contributed by atoms with van der Waals surface area (Å²) >= 11 is 0. The van der Waals surface area contributed by atoms with Crippen molar-refractivity contribution in [1.82, 2.24) is 19.7 Å². The van der Waals surface area contributed by atoms with Gasteiger partial charge in [-0.3, -0.25) is 0 Å². The third-order valence-electron chi connectivity index (χ3n) is 2.90. The van der Waals surface area contributed by atoms with E-state index in [-0.39, 0.29) is 6.04 Å². The molecule has 0 saturated heterocycles. The number of ether oxygens (including phenoxy) is 1. The zero-order valence-corrected chi connectivity index (χ0v) is 9.32. The first-order chi connectivity index (χ1) is 8.29. The maximum Gasteiger partial charge on any atom is 0.227 e. The lowest BCUT2D eigenvalue weighted by Gasteiger charge is -2.10. The molecule has 0 spiro atoms. The number of methoxy groups -OCH3 is 1. The first kappa shape index (κ1) is 10.2. The molecule has 0 aromatic carbocycles. The highest BCUT2D eigenvalue weighted by atomic mass is 16.5. The highest BCUT2D eigenvalue weighted by Gasteiger charge is 2.22. The monoisotopic (exact) mass is 232 g/mol. The largest absolute Gasteiger partial charge is 0.480 e. The second-order valence-corrected chi connectivity index (χ2v) is 3.96. The van der Waals surface area contributed by atoms with Gasteiger partial charge in [-0.05, 0) is 0 Å². The summed E-state index contributed by atoms with van der Waals surface area (Å²) in [6, 6.07) is 0.0436. The first-order valence-electron chi connectivity index (χ1n) is 5.38. The fraction of sp³-hybridized carbons (Fsp3) is 0.364. The second kappa shape index (κ2) is 3.81. The van der Waals surface area contributed by atoms with Crippen LogP contribution in [0, 0.1) is 0 Å². The topological polar surface area (TPSA) is 73.1 Å². The molecule has 3 rings (SSSR count). The standard InChI is InChI=1S/C11H12N4O2/c1-17-11-9-5-14-15(10(9)12-6-13-11)7-2-3-8(16)4-7/h2-3,5-8,16H,4H2,1H3/t7-,8+/m0/s1. The summed E-state index contributed by atoms with van der Waals surface area (Å²) in [7, 11) is 1.57. The van der Waals surface area contributed by atoms with E-state index in [9.17, 15) is 5.11 Å². The minimum Gasteiger partial charge on any atom is -0.480 e. The van der Waals surface area contributed by atoms with Gasteiger partial charge in [0.1, 0.15) is 11.7 Å². The van der Waals surface area contributed by atoms with E-state index in [1.807, 2.05) is 6.08 Å².